The van der Waals surface area contributed by atoms with Crippen molar-refractivity contribution < 1.29 is 28.6 Å². The van der Waals surface area contributed by atoms with E-state index in [4.69, 9.17) is 9.79 Å². The summed E-state index contributed by atoms with van der Waals surface area (Å²) in [7, 11) is -4.49. The number of aryl methyl sites for hydroxylation is 1. The summed E-state index contributed by atoms with van der Waals surface area (Å²) in [5.74, 6) is 0.215. The van der Waals surface area contributed by atoms with Gasteiger partial charge in [0.05, 0.1) is 4.92 Å². The average Bonchev–Trinajstić information content (AvgIpc) is 2.62. The molecule has 10 heteroatoms. The molecular weight excluding hydrogens is 387 g/mol. The Hall–Kier alpha value is -3.26. The van der Waals surface area contributed by atoms with Gasteiger partial charge in [-0.25, -0.2) is 4.57 Å². The standard InChI is InChI=1S/C11H11O4P.C7H6N2O3/c1-8-6-9-4-2-3-5-10(9)7-11(8)15-16(12,13)14;10-5-8-6-2-1-3-7(4-6)9(11)12/h2-7H,1H3,(H2,12,13,14);1-5H,(H,8,10). The van der Waals surface area contributed by atoms with Crippen molar-refractivity contribution in [1.82, 2.24) is 0 Å². The van der Waals surface area contributed by atoms with Crippen LogP contribution in [0.25, 0.3) is 10.8 Å². The van der Waals surface area contributed by atoms with Gasteiger partial charge >= 0.3 is 7.82 Å². The van der Waals surface area contributed by atoms with Crippen LogP contribution in [0.5, 0.6) is 5.75 Å². The highest BCUT2D eigenvalue weighted by Gasteiger charge is 2.17. The molecule has 0 heterocycles. The Morgan fingerprint density at radius 3 is 2.29 bits per heavy atom. The van der Waals surface area contributed by atoms with Crippen LogP contribution < -0.4 is 9.84 Å². The van der Waals surface area contributed by atoms with Gasteiger partial charge in [-0.1, -0.05) is 30.3 Å². The van der Waals surface area contributed by atoms with E-state index in [9.17, 15) is 19.5 Å². The van der Waals surface area contributed by atoms with E-state index >= 15 is 0 Å². The number of hydrogen-bond donors (Lipinski definition) is 3. The van der Waals surface area contributed by atoms with E-state index in [0.717, 1.165) is 10.8 Å². The van der Waals surface area contributed by atoms with E-state index in [0.29, 0.717) is 17.7 Å². The number of nitro benzene ring substituents is 1. The molecule has 0 saturated carbocycles. The number of hydrogen-bond acceptors (Lipinski definition) is 5. The molecule has 28 heavy (non-hydrogen) atoms. The van der Waals surface area contributed by atoms with Crippen molar-refractivity contribution in [2.45, 2.75) is 6.92 Å². The maximum absolute atomic E-state index is 10.8. The van der Waals surface area contributed by atoms with Gasteiger partial charge in [-0.2, -0.15) is 0 Å². The second-order valence-electron chi connectivity index (χ2n) is 5.62. The number of benzene rings is 3. The summed E-state index contributed by atoms with van der Waals surface area (Å²) in [6, 6.07) is 16.7. The fourth-order valence-electron chi connectivity index (χ4n) is 2.34. The molecule has 0 aliphatic heterocycles. The number of phosphoric ester groups is 1. The van der Waals surface area contributed by atoms with E-state index in [1.165, 1.54) is 18.2 Å². The van der Waals surface area contributed by atoms with Crippen LogP contribution in [0.3, 0.4) is 0 Å². The minimum absolute atomic E-state index is 0.0400. The number of non-ortho nitro benzene ring substituents is 1. The largest absolute Gasteiger partial charge is 0.524 e. The van der Waals surface area contributed by atoms with Gasteiger partial charge in [0.25, 0.3) is 5.69 Å². The highest BCUT2D eigenvalue weighted by Crippen LogP contribution is 2.40. The van der Waals surface area contributed by atoms with Crippen molar-refractivity contribution in [1.29, 1.82) is 0 Å². The number of carbonyl (C=O) groups is 1. The third-order valence-electron chi connectivity index (χ3n) is 3.54. The molecule has 3 rings (SSSR count). The number of anilines is 1. The second kappa shape index (κ2) is 9.09. The third kappa shape index (κ3) is 6.17. The number of fused-ring (bicyclic) bond motifs is 1. The van der Waals surface area contributed by atoms with Crippen LogP contribution in [0.1, 0.15) is 5.56 Å². The van der Waals surface area contributed by atoms with Gasteiger partial charge in [0.2, 0.25) is 6.41 Å². The van der Waals surface area contributed by atoms with Crippen LogP contribution in [-0.2, 0) is 9.36 Å². The number of nitro groups is 1. The molecule has 3 aromatic rings. The summed E-state index contributed by atoms with van der Waals surface area (Å²) in [5.41, 5.74) is 1.07. The lowest BCUT2D eigenvalue weighted by Gasteiger charge is -2.10. The first-order valence-electron chi connectivity index (χ1n) is 7.89. The van der Waals surface area contributed by atoms with Crippen LogP contribution in [0.15, 0.2) is 60.7 Å². The Morgan fingerprint density at radius 2 is 1.71 bits per heavy atom. The summed E-state index contributed by atoms with van der Waals surface area (Å²) in [4.78, 5) is 37.2. The van der Waals surface area contributed by atoms with Crippen molar-refractivity contribution in [3.63, 3.8) is 0 Å². The summed E-state index contributed by atoms with van der Waals surface area (Å²) < 4.78 is 15.4. The van der Waals surface area contributed by atoms with Crippen LogP contribution in [0.2, 0.25) is 0 Å². The van der Waals surface area contributed by atoms with Crippen molar-refractivity contribution in [3.8, 4) is 5.75 Å². The Labute approximate surface area is 160 Å². The maximum Gasteiger partial charge on any atom is 0.524 e. The molecule has 0 bridgehead atoms. The molecule has 0 aromatic heterocycles. The van der Waals surface area contributed by atoms with Gasteiger partial charge in [0, 0.05) is 17.8 Å². The Bertz CT molecular complexity index is 1050. The van der Waals surface area contributed by atoms with Crippen LogP contribution in [-0.4, -0.2) is 21.1 Å². The predicted molar refractivity (Wildman–Crippen MR) is 104 cm³/mol. The number of rotatable bonds is 5. The maximum atomic E-state index is 10.8. The number of nitrogens with zero attached hydrogens (tertiary/aromatic N) is 1. The molecule has 0 fully saturated rings. The molecule has 146 valence electrons. The normalized spacial score (nSPS) is 10.5. The average molecular weight is 404 g/mol. The minimum Gasteiger partial charge on any atom is -0.404 e. The predicted octanol–water partition coefficient (Wildman–Crippen LogP) is 3.78. The lowest BCUT2D eigenvalue weighted by molar-refractivity contribution is -0.384. The van der Waals surface area contributed by atoms with Crippen LogP contribution in [0.4, 0.5) is 11.4 Å². The molecule has 0 saturated heterocycles. The molecule has 0 aliphatic carbocycles. The highest BCUT2D eigenvalue weighted by molar-refractivity contribution is 7.46. The SMILES string of the molecule is Cc1cc2ccccc2cc1OP(=O)(O)O.O=CNc1cccc([N+](=O)[O-])c1. The summed E-state index contributed by atoms with van der Waals surface area (Å²) >= 11 is 0. The van der Waals surface area contributed by atoms with Gasteiger partial charge < -0.3 is 9.84 Å². The highest BCUT2D eigenvalue weighted by atomic mass is 31.2. The van der Waals surface area contributed by atoms with E-state index in [2.05, 4.69) is 9.84 Å². The number of phosphoric acid groups is 1. The molecule has 0 atom stereocenters. The molecule has 0 aliphatic rings. The first kappa shape index (κ1) is 21.0. The smallest absolute Gasteiger partial charge is 0.404 e. The summed E-state index contributed by atoms with van der Waals surface area (Å²) in [6.45, 7) is 1.75. The monoisotopic (exact) mass is 404 g/mol. The summed E-state index contributed by atoms with van der Waals surface area (Å²) in [5, 5.41) is 14.5. The zero-order valence-corrected chi connectivity index (χ0v) is 15.6. The lowest BCUT2D eigenvalue weighted by Crippen LogP contribution is -1.94. The van der Waals surface area contributed by atoms with Gasteiger partial charge in [0.1, 0.15) is 5.75 Å². The minimum atomic E-state index is -4.49. The molecule has 0 unspecified atom stereocenters. The molecule has 3 aromatic carbocycles. The second-order valence-corrected chi connectivity index (χ2v) is 6.78. The molecular formula is C18H17N2O7P. The Balaban J connectivity index is 0.000000209. The quantitative estimate of drug-likeness (QED) is 0.254. The van der Waals surface area contributed by atoms with E-state index in [1.807, 2.05) is 30.3 Å². The van der Waals surface area contributed by atoms with E-state index in [-0.39, 0.29) is 11.4 Å². The Morgan fingerprint density at radius 1 is 1.07 bits per heavy atom. The van der Waals surface area contributed by atoms with Crippen LogP contribution >= 0.6 is 7.82 Å². The van der Waals surface area contributed by atoms with Gasteiger partial charge in [-0.3, -0.25) is 24.7 Å². The fourth-order valence-corrected chi connectivity index (χ4v) is 2.79. The van der Waals surface area contributed by atoms with Gasteiger partial charge in [0.15, 0.2) is 0 Å². The van der Waals surface area contributed by atoms with E-state index in [1.54, 1.807) is 19.1 Å². The molecule has 0 radical (unpaired) electrons. The molecule has 1 amide bonds. The zero-order chi connectivity index (χ0) is 20.7. The van der Waals surface area contributed by atoms with Gasteiger partial charge in [-0.05, 0) is 41.5 Å². The van der Waals surface area contributed by atoms with Crippen molar-refractivity contribution in [2.75, 3.05) is 5.32 Å². The third-order valence-corrected chi connectivity index (χ3v) is 3.98. The first-order chi connectivity index (χ1) is 13.2. The number of amides is 1. The van der Waals surface area contributed by atoms with Crippen molar-refractivity contribution in [3.05, 3.63) is 76.3 Å². The van der Waals surface area contributed by atoms with E-state index < -0.39 is 12.7 Å². The summed E-state index contributed by atoms with van der Waals surface area (Å²) in [6.07, 6.45) is 0.471. The molecule has 3 N–H and O–H groups in total. The van der Waals surface area contributed by atoms with Crippen molar-refractivity contribution >= 4 is 36.4 Å². The lowest BCUT2D eigenvalue weighted by atomic mass is 10.1. The number of carbonyl (C=O) groups excluding carboxylic acids is 1. The van der Waals surface area contributed by atoms with Gasteiger partial charge in [-0.15, -0.1) is 0 Å². The number of nitrogens with one attached hydrogen (secondary N) is 1. The zero-order valence-electron chi connectivity index (χ0n) is 14.7. The molecule has 9 nitrogen and oxygen atoms in total. The Kier molecular flexibility index (Phi) is 6.84. The fraction of sp³-hybridized carbons (Fsp3) is 0.0556. The topological polar surface area (TPSA) is 139 Å². The van der Waals surface area contributed by atoms with Crippen LogP contribution in [0, 0.1) is 17.0 Å². The van der Waals surface area contributed by atoms with Crippen molar-refractivity contribution in [2.24, 2.45) is 0 Å². The first-order valence-corrected chi connectivity index (χ1v) is 9.42. The molecule has 0 spiro atoms.